The molecule has 3 heteroatoms. The van der Waals surface area contributed by atoms with E-state index in [0.29, 0.717) is 5.54 Å². The lowest BCUT2D eigenvalue weighted by Gasteiger charge is -2.39. The van der Waals surface area contributed by atoms with Gasteiger partial charge in [0.2, 0.25) is 0 Å². The fourth-order valence-electron chi connectivity index (χ4n) is 1.98. The van der Waals surface area contributed by atoms with Gasteiger partial charge >= 0.3 is 0 Å². The van der Waals surface area contributed by atoms with E-state index in [0.717, 1.165) is 16.7 Å². The van der Waals surface area contributed by atoms with Gasteiger partial charge in [-0.25, -0.2) is 0 Å². The van der Waals surface area contributed by atoms with Gasteiger partial charge in [0.1, 0.15) is 0 Å². The quantitative estimate of drug-likeness (QED) is 0.828. The first-order chi connectivity index (χ1) is 7.07. The number of nitrogens with one attached hydrogen (secondary N) is 1. The molecule has 0 atom stereocenters. The van der Waals surface area contributed by atoms with Gasteiger partial charge in [0, 0.05) is 22.2 Å². The number of nitrogen functional groups attached to an aromatic ring is 1. The van der Waals surface area contributed by atoms with Crippen LogP contribution in [0.4, 0.5) is 5.69 Å². The number of hydrogen-bond donors (Lipinski definition) is 2. The van der Waals surface area contributed by atoms with Crippen LogP contribution in [-0.2, 0) is 6.54 Å². The molecule has 1 saturated carbocycles. The van der Waals surface area contributed by atoms with E-state index in [2.05, 4.69) is 34.2 Å². The van der Waals surface area contributed by atoms with Crippen LogP contribution in [0.3, 0.4) is 0 Å². The van der Waals surface area contributed by atoms with Crippen molar-refractivity contribution < 1.29 is 0 Å². The van der Waals surface area contributed by atoms with Crippen molar-refractivity contribution >= 4 is 21.6 Å². The van der Waals surface area contributed by atoms with Crippen molar-refractivity contribution in [2.45, 2.75) is 38.3 Å². The van der Waals surface area contributed by atoms with Gasteiger partial charge in [-0.15, -0.1) is 0 Å². The second-order valence-corrected chi connectivity index (χ2v) is 5.58. The Morgan fingerprint density at radius 2 is 2.13 bits per heavy atom. The Morgan fingerprint density at radius 1 is 1.40 bits per heavy atom. The molecule has 0 amide bonds. The summed E-state index contributed by atoms with van der Waals surface area (Å²) in [7, 11) is 0. The average molecular weight is 269 g/mol. The van der Waals surface area contributed by atoms with Crippen LogP contribution in [0.1, 0.15) is 31.7 Å². The molecule has 0 heterocycles. The van der Waals surface area contributed by atoms with E-state index in [1.165, 1.54) is 24.8 Å². The normalized spacial score (nSPS) is 18.5. The topological polar surface area (TPSA) is 38.0 Å². The Kier molecular flexibility index (Phi) is 3.03. The lowest BCUT2D eigenvalue weighted by molar-refractivity contribution is 0.207. The smallest absolute Gasteiger partial charge is 0.0328 e. The third kappa shape index (κ3) is 2.73. The number of hydrogen-bond acceptors (Lipinski definition) is 2. The molecule has 1 aromatic rings. The maximum atomic E-state index is 5.79. The molecule has 0 radical (unpaired) electrons. The van der Waals surface area contributed by atoms with Crippen LogP contribution in [0.25, 0.3) is 0 Å². The van der Waals surface area contributed by atoms with Crippen molar-refractivity contribution in [3.05, 3.63) is 28.2 Å². The molecule has 1 aromatic carbocycles. The van der Waals surface area contributed by atoms with E-state index < -0.39 is 0 Å². The summed E-state index contributed by atoms with van der Waals surface area (Å²) in [5.41, 5.74) is 8.21. The fourth-order valence-corrected chi connectivity index (χ4v) is 2.54. The van der Waals surface area contributed by atoms with Crippen molar-refractivity contribution in [3.8, 4) is 0 Å². The minimum Gasteiger partial charge on any atom is -0.399 e. The Labute approximate surface area is 99.4 Å². The summed E-state index contributed by atoms with van der Waals surface area (Å²) in [6.45, 7) is 3.19. The third-order valence-electron chi connectivity index (χ3n) is 3.16. The second kappa shape index (κ2) is 4.14. The van der Waals surface area contributed by atoms with Crippen LogP contribution in [0.2, 0.25) is 0 Å². The number of anilines is 1. The standard InChI is InChI=1S/C12H17BrN2/c1-12(3-2-4-12)15-8-9-5-10(13)7-11(14)6-9/h5-7,15H,2-4,8,14H2,1H3. The highest BCUT2D eigenvalue weighted by molar-refractivity contribution is 9.10. The van der Waals surface area contributed by atoms with Gasteiger partial charge in [-0.2, -0.15) is 0 Å². The summed E-state index contributed by atoms with van der Waals surface area (Å²) in [5, 5.41) is 3.59. The number of halogens is 1. The van der Waals surface area contributed by atoms with Crippen molar-refractivity contribution in [2.75, 3.05) is 5.73 Å². The lowest BCUT2D eigenvalue weighted by atomic mass is 9.78. The van der Waals surface area contributed by atoms with Gasteiger partial charge in [-0.1, -0.05) is 15.9 Å². The molecule has 0 spiro atoms. The average Bonchev–Trinajstić information content (AvgIpc) is 2.10. The number of benzene rings is 1. The molecule has 1 aliphatic carbocycles. The Balaban J connectivity index is 1.98. The predicted molar refractivity (Wildman–Crippen MR) is 67.7 cm³/mol. The largest absolute Gasteiger partial charge is 0.399 e. The second-order valence-electron chi connectivity index (χ2n) is 4.66. The van der Waals surface area contributed by atoms with E-state index in [-0.39, 0.29) is 0 Å². The Bertz CT molecular complexity index is 338. The molecule has 15 heavy (non-hydrogen) atoms. The van der Waals surface area contributed by atoms with Crippen LogP contribution in [0, 0.1) is 0 Å². The van der Waals surface area contributed by atoms with Gasteiger partial charge in [-0.3, -0.25) is 0 Å². The highest BCUT2D eigenvalue weighted by atomic mass is 79.9. The van der Waals surface area contributed by atoms with Crippen LogP contribution >= 0.6 is 15.9 Å². The third-order valence-corrected chi connectivity index (χ3v) is 3.61. The van der Waals surface area contributed by atoms with E-state index in [1.54, 1.807) is 0 Å². The van der Waals surface area contributed by atoms with Gasteiger partial charge in [0.05, 0.1) is 0 Å². The van der Waals surface area contributed by atoms with Crippen LogP contribution in [0.5, 0.6) is 0 Å². The summed E-state index contributed by atoms with van der Waals surface area (Å²) in [5.74, 6) is 0. The maximum Gasteiger partial charge on any atom is 0.0328 e. The molecule has 2 nitrogen and oxygen atoms in total. The molecule has 0 aliphatic heterocycles. The highest BCUT2D eigenvalue weighted by Crippen LogP contribution is 2.31. The van der Waals surface area contributed by atoms with Gasteiger partial charge in [-0.05, 0) is 49.9 Å². The molecule has 0 saturated heterocycles. The van der Waals surface area contributed by atoms with Crippen LogP contribution in [-0.4, -0.2) is 5.54 Å². The summed E-state index contributed by atoms with van der Waals surface area (Å²) in [4.78, 5) is 0. The predicted octanol–water partition coefficient (Wildman–Crippen LogP) is 3.06. The molecule has 0 aromatic heterocycles. The summed E-state index contributed by atoms with van der Waals surface area (Å²) >= 11 is 3.46. The van der Waals surface area contributed by atoms with Crippen LogP contribution < -0.4 is 11.1 Å². The minimum atomic E-state index is 0.358. The SMILES string of the molecule is CC1(NCc2cc(N)cc(Br)c2)CCC1. The molecule has 3 N–H and O–H groups in total. The Morgan fingerprint density at radius 3 is 2.67 bits per heavy atom. The van der Waals surface area contributed by atoms with Gasteiger partial charge in [0.25, 0.3) is 0 Å². The maximum absolute atomic E-state index is 5.79. The number of nitrogens with two attached hydrogens (primary N) is 1. The molecule has 0 bridgehead atoms. The molecule has 1 aliphatic rings. The van der Waals surface area contributed by atoms with E-state index >= 15 is 0 Å². The zero-order chi connectivity index (χ0) is 10.9. The van der Waals surface area contributed by atoms with Crippen molar-refractivity contribution in [1.29, 1.82) is 0 Å². The van der Waals surface area contributed by atoms with Crippen molar-refractivity contribution in [3.63, 3.8) is 0 Å². The minimum absolute atomic E-state index is 0.358. The molecular weight excluding hydrogens is 252 g/mol. The first-order valence-corrected chi connectivity index (χ1v) is 6.17. The molecule has 0 unspecified atom stereocenters. The first kappa shape index (κ1) is 11.0. The zero-order valence-corrected chi connectivity index (χ0v) is 10.6. The summed E-state index contributed by atoms with van der Waals surface area (Å²) < 4.78 is 1.05. The Hall–Kier alpha value is -0.540. The van der Waals surface area contributed by atoms with E-state index in [4.69, 9.17) is 5.73 Å². The molecule has 82 valence electrons. The fraction of sp³-hybridized carbons (Fsp3) is 0.500. The molecular formula is C12H17BrN2. The lowest BCUT2D eigenvalue weighted by Crippen LogP contribution is -2.47. The summed E-state index contributed by atoms with van der Waals surface area (Å²) in [6.07, 6.45) is 3.93. The van der Waals surface area contributed by atoms with Gasteiger partial charge in [0.15, 0.2) is 0 Å². The summed E-state index contributed by atoms with van der Waals surface area (Å²) in [6, 6.07) is 6.07. The highest BCUT2D eigenvalue weighted by Gasteiger charge is 2.30. The zero-order valence-electron chi connectivity index (χ0n) is 9.02. The molecule has 2 rings (SSSR count). The monoisotopic (exact) mass is 268 g/mol. The van der Waals surface area contributed by atoms with E-state index in [1.807, 2.05) is 12.1 Å². The van der Waals surface area contributed by atoms with E-state index in [9.17, 15) is 0 Å². The van der Waals surface area contributed by atoms with Gasteiger partial charge < -0.3 is 11.1 Å². The molecule has 1 fully saturated rings. The first-order valence-electron chi connectivity index (χ1n) is 5.37. The van der Waals surface area contributed by atoms with Crippen LogP contribution in [0.15, 0.2) is 22.7 Å². The number of rotatable bonds is 3. The van der Waals surface area contributed by atoms with Crippen molar-refractivity contribution in [2.24, 2.45) is 0 Å². The van der Waals surface area contributed by atoms with Crippen molar-refractivity contribution in [1.82, 2.24) is 5.32 Å².